The maximum Gasteiger partial charge on any atom is 0.227 e. The van der Waals surface area contributed by atoms with Gasteiger partial charge in [0.25, 0.3) is 0 Å². The molecule has 1 aromatic rings. The van der Waals surface area contributed by atoms with Gasteiger partial charge < -0.3 is 15.5 Å². The van der Waals surface area contributed by atoms with Gasteiger partial charge in [-0.05, 0) is 43.4 Å². The molecule has 1 aliphatic rings. The second-order valence-electron chi connectivity index (χ2n) is 6.37. The molecule has 0 unspecified atom stereocenters. The number of fused-ring (bicyclic) bond motifs is 1. The molecule has 0 radical (unpaired) electrons. The molecule has 0 saturated carbocycles. The fourth-order valence-corrected chi connectivity index (χ4v) is 3.32. The van der Waals surface area contributed by atoms with E-state index in [-0.39, 0.29) is 24.7 Å². The highest BCUT2D eigenvalue weighted by Crippen LogP contribution is 2.31. The van der Waals surface area contributed by atoms with Crippen LogP contribution in [-0.4, -0.2) is 36.3 Å². The van der Waals surface area contributed by atoms with Gasteiger partial charge in [0.1, 0.15) is 0 Å². The fourth-order valence-electron chi connectivity index (χ4n) is 3.32. The van der Waals surface area contributed by atoms with Gasteiger partial charge in [0.05, 0.1) is 0 Å². The van der Waals surface area contributed by atoms with Crippen molar-refractivity contribution in [2.45, 2.75) is 52.4 Å². The van der Waals surface area contributed by atoms with Crippen molar-refractivity contribution in [2.24, 2.45) is 0 Å². The minimum Gasteiger partial charge on any atom is -0.398 e. The summed E-state index contributed by atoms with van der Waals surface area (Å²) >= 11 is 0. The van der Waals surface area contributed by atoms with E-state index in [0.29, 0.717) is 6.54 Å². The van der Waals surface area contributed by atoms with Crippen LogP contribution in [0.3, 0.4) is 0 Å². The zero-order valence-corrected chi connectivity index (χ0v) is 14.9. The quantitative estimate of drug-likeness (QED) is 0.781. The molecule has 2 N–H and O–H groups in total. The molecular formula is C19H29N3O2. The Morgan fingerprint density at radius 2 is 1.88 bits per heavy atom. The second-order valence-corrected chi connectivity index (χ2v) is 6.37. The minimum absolute atomic E-state index is 0.0165. The lowest BCUT2D eigenvalue weighted by Gasteiger charge is -2.30. The second kappa shape index (κ2) is 8.71. The van der Waals surface area contributed by atoms with Crippen LogP contribution in [0.5, 0.6) is 0 Å². The Bertz CT molecular complexity index is 580. The molecule has 5 nitrogen and oxygen atoms in total. The van der Waals surface area contributed by atoms with Crippen LogP contribution in [0.2, 0.25) is 0 Å². The largest absolute Gasteiger partial charge is 0.398 e. The summed E-state index contributed by atoms with van der Waals surface area (Å²) in [5.41, 5.74) is 8.75. The van der Waals surface area contributed by atoms with Crippen molar-refractivity contribution in [3.63, 3.8) is 0 Å². The van der Waals surface area contributed by atoms with Gasteiger partial charge in [0.15, 0.2) is 0 Å². The van der Waals surface area contributed by atoms with Crippen molar-refractivity contribution in [1.82, 2.24) is 4.90 Å². The number of amides is 2. The van der Waals surface area contributed by atoms with Crippen LogP contribution >= 0.6 is 0 Å². The zero-order chi connectivity index (χ0) is 17.5. The highest BCUT2D eigenvalue weighted by molar-refractivity contribution is 5.97. The molecule has 24 heavy (non-hydrogen) atoms. The molecule has 0 spiro atoms. The van der Waals surface area contributed by atoms with Crippen LogP contribution in [0.15, 0.2) is 18.2 Å². The summed E-state index contributed by atoms with van der Waals surface area (Å²) in [7, 11) is 0. The molecule has 0 aliphatic carbocycles. The first kappa shape index (κ1) is 18.3. The van der Waals surface area contributed by atoms with Crippen molar-refractivity contribution in [3.8, 4) is 0 Å². The molecule has 1 aliphatic heterocycles. The zero-order valence-electron chi connectivity index (χ0n) is 14.9. The van der Waals surface area contributed by atoms with E-state index < -0.39 is 0 Å². The standard InChI is InChI=1S/C19H29N3O2/c1-3-12-21(13-4-2)18(23)10-11-19(24)22-14-6-7-15-16(20)8-5-9-17(15)22/h5,8-9H,3-4,6-7,10-14,20H2,1-2H3. The van der Waals surface area contributed by atoms with Crippen molar-refractivity contribution < 1.29 is 9.59 Å². The number of nitrogens with two attached hydrogens (primary N) is 1. The first-order valence-electron chi connectivity index (χ1n) is 9.04. The number of carbonyl (C=O) groups excluding carboxylic acids is 2. The molecule has 0 aromatic heterocycles. The van der Waals surface area contributed by atoms with E-state index in [2.05, 4.69) is 13.8 Å². The van der Waals surface area contributed by atoms with Crippen LogP contribution in [0, 0.1) is 0 Å². The molecule has 0 fully saturated rings. The van der Waals surface area contributed by atoms with Gasteiger partial charge in [-0.3, -0.25) is 9.59 Å². The van der Waals surface area contributed by atoms with E-state index in [1.54, 1.807) is 4.90 Å². The van der Waals surface area contributed by atoms with Gasteiger partial charge in [-0.25, -0.2) is 0 Å². The monoisotopic (exact) mass is 331 g/mol. The molecular weight excluding hydrogens is 302 g/mol. The van der Waals surface area contributed by atoms with Crippen molar-refractivity contribution >= 4 is 23.2 Å². The van der Waals surface area contributed by atoms with Crippen LogP contribution < -0.4 is 10.6 Å². The minimum atomic E-state index is 0.0165. The lowest BCUT2D eigenvalue weighted by molar-refractivity contribution is -0.133. The third-order valence-corrected chi connectivity index (χ3v) is 4.48. The summed E-state index contributed by atoms with van der Waals surface area (Å²) in [6, 6.07) is 5.71. The number of anilines is 2. The average Bonchev–Trinajstić information content (AvgIpc) is 2.59. The summed E-state index contributed by atoms with van der Waals surface area (Å²) in [5, 5.41) is 0. The molecule has 0 atom stereocenters. The highest BCUT2D eigenvalue weighted by atomic mass is 16.2. The van der Waals surface area contributed by atoms with Crippen molar-refractivity contribution in [2.75, 3.05) is 30.3 Å². The number of hydrogen-bond acceptors (Lipinski definition) is 3. The van der Waals surface area contributed by atoms with Gasteiger partial charge in [0.2, 0.25) is 11.8 Å². The number of benzene rings is 1. The number of nitrogens with zero attached hydrogens (tertiary/aromatic N) is 2. The summed E-state index contributed by atoms with van der Waals surface area (Å²) in [4.78, 5) is 28.6. The third kappa shape index (κ3) is 4.28. The SMILES string of the molecule is CCCN(CCC)C(=O)CCC(=O)N1CCCc2c(N)cccc21. The van der Waals surface area contributed by atoms with Crippen molar-refractivity contribution in [1.29, 1.82) is 0 Å². The van der Waals surface area contributed by atoms with E-state index in [0.717, 1.165) is 55.7 Å². The van der Waals surface area contributed by atoms with Gasteiger partial charge in [-0.15, -0.1) is 0 Å². The Morgan fingerprint density at radius 1 is 1.17 bits per heavy atom. The summed E-state index contributed by atoms with van der Waals surface area (Å²) < 4.78 is 0. The summed E-state index contributed by atoms with van der Waals surface area (Å²) in [5.74, 6) is 0.0969. The maximum absolute atomic E-state index is 12.6. The normalized spacial score (nSPS) is 13.5. The van der Waals surface area contributed by atoms with Crippen molar-refractivity contribution in [3.05, 3.63) is 23.8 Å². The summed E-state index contributed by atoms with van der Waals surface area (Å²) in [6.45, 7) is 6.37. The fraction of sp³-hybridized carbons (Fsp3) is 0.579. The highest BCUT2D eigenvalue weighted by Gasteiger charge is 2.24. The van der Waals surface area contributed by atoms with E-state index in [4.69, 9.17) is 5.73 Å². The Kier molecular flexibility index (Phi) is 6.64. The van der Waals surface area contributed by atoms with Crippen LogP contribution in [-0.2, 0) is 16.0 Å². The smallest absolute Gasteiger partial charge is 0.227 e. The number of hydrogen-bond donors (Lipinski definition) is 1. The average molecular weight is 331 g/mol. The third-order valence-electron chi connectivity index (χ3n) is 4.48. The molecule has 5 heteroatoms. The Balaban J connectivity index is 1.99. The van der Waals surface area contributed by atoms with Gasteiger partial charge in [-0.2, -0.15) is 0 Å². The molecule has 0 bridgehead atoms. The van der Waals surface area contributed by atoms with Gasteiger partial charge in [-0.1, -0.05) is 19.9 Å². The maximum atomic E-state index is 12.6. The van der Waals surface area contributed by atoms with Crippen LogP contribution in [0.1, 0.15) is 51.5 Å². The van der Waals surface area contributed by atoms with Gasteiger partial charge in [0, 0.05) is 43.9 Å². The lowest BCUT2D eigenvalue weighted by Crippen LogP contribution is -2.37. The molecule has 132 valence electrons. The lowest BCUT2D eigenvalue weighted by atomic mass is 9.99. The van der Waals surface area contributed by atoms with Gasteiger partial charge >= 0.3 is 0 Å². The number of rotatable bonds is 7. The molecule has 2 amide bonds. The number of nitrogen functional groups attached to an aromatic ring is 1. The predicted octanol–water partition coefficient (Wildman–Crippen LogP) is 2.98. The van der Waals surface area contributed by atoms with Crippen LogP contribution in [0.25, 0.3) is 0 Å². The van der Waals surface area contributed by atoms with E-state index >= 15 is 0 Å². The molecule has 0 saturated heterocycles. The summed E-state index contributed by atoms with van der Waals surface area (Å²) in [6.07, 6.45) is 4.26. The van der Waals surface area contributed by atoms with E-state index in [1.165, 1.54) is 0 Å². The van der Waals surface area contributed by atoms with E-state index in [9.17, 15) is 9.59 Å². The Morgan fingerprint density at radius 3 is 2.54 bits per heavy atom. The molecule has 2 rings (SSSR count). The first-order valence-corrected chi connectivity index (χ1v) is 9.04. The Hall–Kier alpha value is -2.04. The molecule has 1 aromatic carbocycles. The van der Waals surface area contributed by atoms with E-state index in [1.807, 2.05) is 23.1 Å². The number of carbonyl (C=O) groups is 2. The van der Waals surface area contributed by atoms with Crippen LogP contribution in [0.4, 0.5) is 11.4 Å². The Labute approximate surface area is 144 Å². The predicted molar refractivity (Wildman–Crippen MR) is 97.9 cm³/mol. The first-order chi connectivity index (χ1) is 11.6. The topological polar surface area (TPSA) is 66.6 Å². The molecule has 1 heterocycles.